The Hall–Kier alpha value is -1.60. The van der Waals surface area contributed by atoms with Gasteiger partial charge in [-0.15, -0.1) is 0 Å². The van der Waals surface area contributed by atoms with Crippen LogP contribution in [0, 0.1) is 18.7 Å². The molecule has 0 saturated heterocycles. The van der Waals surface area contributed by atoms with Crippen molar-refractivity contribution in [1.82, 2.24) is 0 Å². The summed E-state index contributed by atoms with van der Waals surface area (Å²) in [5, 5.41) is 0. The van der Waals surface area contributed by atoms with Crippen LogP contribution in [0.4, 0.5) is 4.39 Å². The van der Waals surface area contributed by atoms with Crippen LogP contribution in [0.1, 0.15) is 42.7 Å². The summed E-state index contributed by atoms with van der Waals surface area (Å²) in [5.41, 5.74) is 5.75. The zero-order chi connectivity index (χ0) is 16.2. The van der Waals surface area contributed by atoms with Crippen molar-refractivity contribution in [2.45, 2.75) is 38.5 Å². The summed E-state index contributed by atoms with van der Waals surface area (Å²) in [6.45, 7) is 1.79. The first-order valence-electron chi connectivity index (χ1n) is 8.30. The number of hydrogen-bond donors (Lipinski definition) is 0. The minimum Gasteiger partial charge on any atom is -0.207 e. The van der Waals surface area contributed by atoms with Gasteiger partial charge in [-0.2, -0.15) is 0 Å². The first-order chi connectivity index (χ1) is 11.2. The van der Waals surface area contributed by atoms with Gasteiger partial charge in [0.25, 0.3) is 0 Å². The monoisotopic (exact) mass is 328 g/mol. The quantitative estimate of drug-likeness (QED) is 0.579. The molecule has 0 unspecified atom stereocenters. The summed E-state index contributed by atoms with van der Waals surface area (Å²) in [5.74, 6) is 1.13. The van der Waals surface area contributed by atoms with Crippen LogP contribution in [-0.2, 0) is 0 Å². The lowest BCUT2D eigenvalue weighted by atomic mass is 9.78. The van der Waals surface area contributed by atoms with Gasteiger partial charge < -0.3 is 0 Å². The minimum absolute atomic E-state index is 0.141. The second kappa shape index (κ2) is 7.31. The molecular formula is C21H22ClF. The van der Waals surface area contributed by atoms with Gasteiger partial charge in [-0.05, 0) is 72.8 Å². The van der Waals surface area contributed by atoms with Crippen molar-refractivity contribution in [1.29, 1.82) is 0 Å². The Morgan fingerprint density at radius 3 is 2.22 bits per heavy atom. The smallest absolute Gasteiger partial charge is 0.126 e. The van der Waals surface area contributed by atoms with Crippen molar-refractivity contribution in [3.63, 3.8) is 0 Å². The molecule has 2 aromatic rings. The second-order valence-corrected chi connectivity index (χ2v) is 6.77. The van der Waals surface area contributed by atoms with Gasteiger partial charge in [0.2, 0.25) is 0 Å². The molecule has 0 amide bonds. The van der Waals surface area contributed by atoms with E-state index in [1.165, 1.54) is 31.2 Å². The number of aryl methyl sites for hydroxylation is 1. The van der Waals surface area contributed by atoms with Gasteiger partial charge in [0.05, 0.1) is 0 Å². The molecule has 0 bridgehead atoms. The molecule has 0 radical (unpaired) electrons. The molecule has 2 aromatic carbocycles. The third-order valence-electron chi connectivity index (χ3n) is 5.00. The summed E-state index contributed by atoms with van der Waals surface area (Å²) in [4.78, 5) is 0. The highest BCUT2D eigenvalue weighted by molar-refractivity contribution is 6.25. The molecular weight excluding hydrogens is 307 g/mol. The fourth-order valence-electron chi connectivity index (χ4n) is 3.47. The fourth-order valence-corrected chi connectivity index (χ4v) is 3.67. The highest BCUT2D eigenvalue weighted by Crippen LogP contribution is 2.37. The Morgan fingerprint density at radius 1 is 0.957 bits per heavy atom. The first-order valence-corrected chi connectivity index (χ1v) is 8.74. The van der Waals surface area contributed by atoms with Crippen molar-refractivity contribution < 1.29 is 4.39 Å². The molecule has 1 fully saturated rings. The molecule has 1 aliphatic carbocycles. The van der Waals surface area contributed by atoms with E-state index in [-0.39, 0.29) is 5.82 Å². The standard InChI is InChI=1S/C21H22ClF/c1-15-2-5-20(14-21(15)23)19-10-8-18(9-11-19)17-6-3-16(4-7-17)12-13-22/h2,5,8-14,16-17H,3-4,6-7H2,1H3/b13-12+. The van der Waals surface area contributed by atoms with Crippen LogP contribution in [-0.4, -0.2) is 0 Å². The van der Waals surface area contributed by atoms with Gasteiger partial charge in [-0.25, -0.2) is 4.39 Å². The van der Waals surface area contributed by atoms with Crippen LogP contribution in [0.2, 0.25) is 0 Å². The number of allylic oxidation sites excluding steroid dienone is 1. The lowest BCUT2D eigenvalue weighted by Crippen LogP contribution is -2.11. The van der Waals surface area contributed by atoms with E-state index in [2.05, 4.69) is 30.3 Å². The van der Waals surface area contributed by atoms with Crippen LogP contribution in [0.15, 0.2) is 54.1 Å². The highest BCUT2D eigenvalue weighted by Gasteiger charge is 2.20. The van der Waals surface area contributed by atoms with Gasteiger partial charge in [-0.3, -0.25) is 0 Å². The number of hydrogen-bond acceptors (Lipinski definition) is 0. The minimum atomic E-state index is -0.141. The molecule has 0 N–H and O–H groups in total. The van der Waals surface area contributed by atoms with E-state index in [1.54, 1.807) is 18.5 Å². The molecule has 2 heteroatoms. The second-order valence-electron chi connectivity index (χ2n) is 6.52. The maximum absolute atomic E-state index is 13.7. The maximum atomic E-state index is 13.7. The normalized spacial score (nSPS) is 21.7. The lowest BCUT2D eigenvalue weighted by molar-refractivity contribution is 0.376. The lowest BCUT2D eigenvalue weighted by Gasteiger charge is -2.27. The van der Waals surface area contributed by atoms with Gasteiger partial charge in [0.1, 0.15) is 5.82 Å². The first kappa shape index (κ1) is 16.3. The molecule has 0 atom stereocenters. The average Bonchev–Trinajstić information content (AvgIpc) is 2.59. The molecule has 0 aromatic heterocycles. The zero-order valence-corrected chi connectivity index (χ0v) is 14.2. The van der Waals surface area contributed by atoms with Crippen LogP contribution < -0.4 is 0 Å². The van der Waals surface area contributed by atoms with Gasteiger partial charge >= 0.3 is 0 Å². The summed E-state index contributed by atoms with van der Waals surface area (Å²) in [6, 6.07) is 14.1. The molecule has 3 rings (SSSR count). The summed E-state index contributed by atoms with van der Waals surface area (Å²) in [7, 11) is 0. The maximum Gasteiger partial charge on any atom is 0.126 e. The van der Waals surface area contributed by atoms with E-state index >= 15 is 0 Å². The van der Waals surface area contributed by atoms with Gasteiger partial charge in [0, 0.05) is 5.54 Å². The van der Waals surface area contributed by atoms with Crippen molar-refractivity contribution >= 4 is 11.6 Å². The van der Waals surface area contributed by atoms with Gasteiger partial charge in [-0.1, -0.05) is 54.1 Å². The SMILES string of the molecule is Cc1ccc(-c2ccc(C3CCC(/C=C/Cl)CC3)cc2)cc1F. The Kier molecular flexibility index (Phi) is 5.17. The molecule has 0 heterocycles. The molecule has 1 saturated carbocycles. The van der Waals surface area contributed by atoms with E-state index < -0.39 is 0 Å². The van der Waals surface area contributed by atoms with E-state index in [4.69, 9.17) is 11.6 Å². The van der Waals surface area contributed by atoms with Crippen LogP contribution in [0.25, 0.3) is 11.1 Å². The Bertz CT molecular complexity index is 679. The number of halogens is 2. The predicted octanol–water partition coefficient (Wildman–Crippen LogP) is 6.83. The molecule has 1 aliphatic rings. The highest BCUT2D eigenvalue weighted by atomic mass is 35.5. The third-order valence-corrected chi connectivity index (χ3v) is 5.15. The molecule has 120 valence electrons. The number of rotatable bonds is 3. The van der Waals surface area contributed by atoms with E-state index in [9.17, 15) is 4.39 Å². The summed E-state index contributed by atoms with van der Waals surface area (Å²) >= 11 is 5.68. The van der Waals surface area contributed by atoms with E-state index in [1.807, 2.05) is 12.1 Å². The molecule has 0 spiro atoms. The molecule has 0 nitrogen and oxygen atoms in total. The van der Waals surface area contributed by atoms with Crippen LogP contribution >= 0.6 is 11.6 Å². The van der Waals surface area contributed by atoms with E-state index in [0.717, 1.165) is 11.1 Å². The topological polar surface area (TPSA) is 0 Å². The Labute approximate surface area is 143 Å². The summed E-state index contributed by atoms with van der Waals surface area (Å²) < 4.78 is 13.7. The third kappa shape index (κ3) is 3.84. The van der Waals surface area contributed by atoms with Crippen LogP contribution in [0.3, 0.4) is 0 Å². The Balaban J connectivity index is 1.71. The number of benzene rings is 2. The van der Waals surface area contributed by atoms with E-state index in [0.29, 0.717) is 17.4 Å². The zero-order valence-electron chi connectivity index (χ0n) is 13.4. The van der Waals surface area contributed by atoms with Gasteiger partial charge in [0.15, 0.2) is 0 Å². The summed E-state index contributed by atoms with van der Waals surface area (Å²) in [6.07, 6.45) is 6.96. The fraction of sp³-hybridized carbons (Fsp3) is 0.333. The van der Waals surface area contributed by atoms with Crippen molar-refractivity contribution in [2.75, 3.05) is 0 Å². The molecule has 0 aliphatic heterocycles. The van der Waals surface area contributed by atoms with Crippen molar-refractivity contribution in [3.8, 4) is 11.1 Å². The van der Waals surface area contributed by atoms with Crippen molar-refractivity contribution in [2.24, 2.45) is 5.92 Å². The van der Waals surface area contributed by atoms with Crippen molar-refractivity contribution in [3.05, 3.63) is 71.0 Å². The Morgan fingerprint density at radius 2 is 1.61 bits per heavy atom. The molecule has 23 heavy (non-hydrogen) atoms. The van der Waals surface area contributed by atoms with Crippen LogP contribution in [0.5, 0.6) is 0 Å². The largest absolute Gasteiger partial charge is 0.207 e. The predicted molar refractivity (Wildman–Crippen MR) is 96.3 cm³/mol. The average molecular weight is 329 g/mol.